The van der Waals surface area contributed by atoms with Gasteiger partial charge in [-0.05, 0) is 42.8 Å². The van der Waals surface area contributed by atoms with E-state index in [-0.39, 0.29) is 30.0 Å². The zero-order valence-electron chi connectivity index (χ0n) is 13.7. The van der Waals surface area contributed by atoms with Gasteiger partial charge in [0.05, 0.1) is 11.5 Å². The zero-order chi connectivity index (χ0) is 18.0. The van der Waals surface area contributed by atoms with Gasteiger partial charge in [0.1, 0.15) is 6.54 Å². The third-order valence-corrected chi connectivity index (χ3v) is 6.14. The number of sulfone groups is 1. The number of aromatic nitrogens is 4. The van der Waals surface area contributed by atoms with Crippen LogP contribution in [0.15, 0.2) is 24.3 Å². The minimum atomic E-state index is -3.05. The van der Waals surface area contributed by atoms with Crippen molar-refractivity contribution in [3.63, 3.8) is 0 Å². The van der Waals surface area contributed by atoms with Crippen LogP contribution in [-0.2, 0) is 21.2 Å². The van der Waals surface area contributed by atoms with E-state index in [1.54, 1.807) is 29.2 Å². The molecule has 1 aliphatic heterocycles. The number of tetrazole rings is 1. The zero-order valence-corrected chi connectivity index (χ0v) is 15.2. The Morgan fingerprint density at radius 3 is 2.68 bits per heavy atom. The molecule has 1 aromatic carbocycles. The number of rotatable bonds is 5. The van der Waals surface area contributed by atoms with Crippen LogP contribution in [-0.4, -0.2) is 63.5 Å². The molecule has 0 spiro atoms. The molecule has 0 radical (unpaired) electrons. The minimum absolute atomic E-state index is 0.0212. The SMILES string of the molecule is CCN(C(=O)Cn1nnc(-c2ccc(Cl)cc2)n1)[C@H]1CCS(=O)(=O)C1. The molecule has 2 heterocycles. The summed E-state index contributed by atoms with van der Waals surface area (Å²) in [5.41, 5.74) is 0.748. The average molecular weight is 384 g/mol. The van der Waals surface area contributed by atoms with E-state index in [1.807, 2.05) is 6.92 Å². The summed E-state index contributed by atoms with van der Waals surface area (Å²) in [6.45, 7) is 2.19. The van der Waals surface area contributed by atoms with Crippen LogP contribution >= 0.6 is 11.6 Å². The van der Waals surface area contributed by atoms with Crippen LogP contribution in [0, 0.1) is 0 Å². The standard InChI is InChI=1S/C15H18ClN5O3S/c1-2-20(13-7-8-25(23,24)10-13)14(22)9-21-18-15(17-19-21)11-3-5-12(16)6-4-11/h3-6,13H,2,7-10H2,1H3/t13-/m0/s1. The third kappa shape index (κ3) is 4.16. The van der Waals surface area contributed by atoms with E-state index in [0.29, 0.717) is 23.8 Å². The molecule has 0 saturated carbocycles. The topological polar surface area (TPSA) is 98.1 Å². The van der Waals surface area contributed by atoms with E-state index in [1.165, 1.54) is 4.80 Å². The molecule has 2 aromatic rings. The third-order valence-electron chi connectivity index (χ3n) is 4.14. The lowest BCUT2D eigenvalue weighted by Crippen LogP contribution is -2.42. The van der Waals surface area contributed by atoms with Crippen molar-refractivity contribution in [2.45, 2.75) is 25.9 Å². The number of hydrogen-bond acceptors (Lipinski definition) is 6. The molecule has 25 heavy (non-hydrogen) atoms. The van der Waals surface area contributed by atoms with Gasteiger partial charge >= 0.3 is 0 Å². The Bertz CT molecular complexity index is 866. The Morgan fingerprint density at radius 2 is 2.08 bits per heavy atom. The van der Waals surface area contributed by atoms with Crippen LogP contribution in [0.4, 0.5) is 0 Å². The summed E-state index contributed by atoms with van der Waals surface area (Å²) < 4.78 is 23.3. The summed E-state index contributed by atoms with van der Waals surface area (Å²) in [6, 6.07) is 6.71. The highest BCUT2D eigenvalue weighted by Crippen LogP contribution is 2.19. The fourth-order valence-corrected chi connectivity index (χ4v) is 4.75. The van der Waals surface area contributed by atoms with Crippen molar-refractivity contribution in [1.29, 1.82) is 0 Å². The molecule has 1 atom stereocenters. The first-order valence-electron chi connectivity index (χ1n) is 7.91. The van der Waals surface area contributed by atoms with Gasteiger partial charge in [0.2, 0.25) is 11.7 Å². The van der Waals surface area contributed by atoms with Crippen molar-refractivity contribution in [3.8, 4) is 11.4 Å². The van der Waals surface area contributed by atoms with Gasteiger partial charge < -0.3 is 4.90 Å². The maximum absolute atomic E-state index is 12.5. The van der Waals surface area contributed by atoms with Gasteiger partial charge in [0.25, 0.3) is 0 Å². The van der Waals surface area contributed by atoms with Gasteiger partial charge in [-0.3, -0.25) is 4.79 Å². The molecule has 1 saturated heterocycles. The summed E-state index contributed by atoms with van der Waals surface area (Å²) in [5.74, 6) is 0.331. The first-order chi connectivity index (χ1) is 11.9. The highest BCUT2D eigenvalue weighted by atomic mass is 35.5. The van der Waals surface area contributed by atoms with Gasteiger partial charge in [0.15, 0.2) is 9.84 Å². The van der Waals surface area contributed by atoms with Crippen molar-refractivity contribution < 1.29 is 13.2 Å². The minimum Gasteiger partial charge on any atom is -0.337 e. The number of hydrogen-bond donors (Lipinski definition) is 0. The lowest BCUT2D eigenvalue weighted by Gasteiger charge is -2.26. The monoisotopic (exact) mass is 383 g/mol. The van der Waals surface area contributed by atoms with E-state index in [9.17, 15) is 13.2 Å². The molecule has 1 aromatic heterocycles. The Morgan fingerprint density at radius 1 is 1.36 bits per heavy atom. The van der Waals surface area contributed by atoms with E-state index in [0.717, 1.165) is 5.56 Å². The molecular formula is C15H18ClN5O3S. The molecule has 0 N–H and O–H groups in total. The predicted octanol–water partition coefficient (Wildman–Crippen LogP) is 1.03. The number of carbonyl (C=O) groups is 1. The normalized spacial score (nSPS) is 19.0. The fourth-order valence-electron chi connectivity index (χ4n) is 2.90. The molecule has 1 aliphatic rings. The largest absolute Gasteiger partial charge is 0.337 e. The maximum atomic E-state index is 12.5. The number of carbonyl (C=O) groups excluding carboxylic acids is 1. The number of benzene rings is 1. The molecule has 0 aliphatic carbocycles. The summed E-state index contributed by atoms with van der Waals surface area (Å²) in [5, 5.41) is 12.7. The second kappa shape index (κ2) is 7.09. The first-order valence-corrected chi connectivity index (χ1v) is 10.1. The van der Waals surface area contributed by atoms with Crippen LogP contribution < -0.4 is 0 Å². The lowest BCUT2D eigenvalue weighted by atomic mass is 10.2. The summed E-state index contributed by atoms with van der Waals surface area (Å²) in [7, 11) is -3.05. The second-order valence-corrected chi connectivity index (χ2v) is 8.55. The van der Waals surface area contributed by atoms with Crippen molar-refractivity contribution >= 4 is 27.3 Å². The molecule has 10 heteroatoms. The number of nitrogens with zero attached hydrogens (tertiary/aromatic N) is 5. The fraction of sp³-hybridized carbons (Fsp3) is 0.467. The van der Waals surface area contributed by atoms with Crippen LogP contribution in [0.3, 0.4) is 0 Å². The van der Waals surface area contributed by atoms with Gasteiger partial charge in [0, 0.05) is 23.2 Å². The van der Waals surface area contributed by atoms with Crippen molar-refractivity contribution in [1.82, 2.24) is 25.1 Å². The number of amides is 1. The lowest BCUT2D eigenvalue weighted by molar-refractivity contribution is -0.133. The highest BCUT2D eigenvalue weighted by Gasteiger charge is 2.34. The Hall–Kier alpha value is -2.00. The quantitative estimate of drug-likeness (QED) is 0.764. The highest BCUT2D eigenvalue weighted by molar-refractivity contribution is 7.91. The van der Waals surface area contributed by atoms with Gasteiger partial charge in [-0.2, -0.15) is 4.80 Å². The molecule has 1 fully saturated rings. The molecule has 8 nitrogen and oxygen atoms in total. The van der Waals surface area contributed by atoms with Crippen molar-refractivity contribution in [2.24, 2.45) is 0 Å². The molecule has 3 rings (SSSR count). The van der Waals surface area contributed by atoms with Gasteiger partial charge in [-0.15, -0.1) is 10.2 Å². The van der Waals surface area contributed by atoms with Gasteiger partial charge in [-0.1, -0.05) is 11.6 Å². The Labute approximate surface area is 150 Å². The van der Waals surface area contributed by atoms with E-state index < -0.39 is 9.84 Å². The van der Waals surface area contributed by atoms with Crippen molar-refractivity contribution in [3.05, 3.63) is 29.3 Å². The molecule has 0 bridgehead atoms. The molecule has 134 valence electrons. The molecule has 1 amide bonds. The van der Waals surface area contributed by atoms with E-state index >= 15 is 0 Å². The average Bonchev–Trinajstić information content (AvgIpc) is 3.15. The molecule has 0 unspecified atom stereocenters. The first kappa shape index (κ1) is 17.8. The van der Waals surface area contributed by atoms with E-state index in [4.69, 9.17) is 11.6 Å². The summed E-state index contributed by atoms with van der Waals surface area (Å²) >= 11 is 5.85. The maximum Gasteiger partial charge on any atom is 0.246 e. The summed E-state index contributed by atoms with van der Waals surface area (Å²) in [6.07, 6.45) is 0.475. The van der Waals surface area contributed by atoms with Crippen LogP contribution in [0.2, 0.25) is 5.02 Å². The second-order valence-electron chi connectivity index (χ2n) is 5.89. The van der Waals surface area contributed by atoms with Crippen LogP contribution in [0.1, 0.15) is 13.3 Å². The predicted molar refractivity (Wildman–Crippen MR) is 92.7 cm³/mol. The van der Waals surface area contributed by atoms with Crippen LogP contribution in [0.5, 0.6) is 0 Å². The Balaban J connectivity index is 1.69. The van der Waals surface area contributed by atoms with Crippen LogP contribution in [0.25, 0.3) is 11.4 Å². The van der Waals surface area contributed by atoms with E-state index in [2.05, 4.69) is 15.4 Å². The van der Waals surface area contributed by atoms with Gasteiger partial charge in [-0.25, -0.2) is 8.42 Å². The smallest absolute Gasteiger partial charge is 0.246 e. The number of likely N-dealkylation sites (N-methyl/N-ethyl adjacent to an activating group) is 1. The number of halogens is 1. The summed E-state index contributed by atoms with van der Waals surface area (Å²) in [4.78, 5) is 15.3. The van der Waals surface area contributed by atoms with Crippen molar-refractivity contribution in [2.75, 3.05) is 18.1 Å². The Kier molecular flexibility index (Phi) is 5.05. The molecular weight excluding hydrogens is 366 g/mol.